The van der Waals surface area contributed by atoms with E-state index in [1.807, 2.05) is 4.90 Å². The minimum atomic E-state index is 0.195. The zero-order valence-corrected chi connectivity index (χ0v) is 14.2. The third-order valence-corrected chi connectivity index (χ3v) is 5.04. The molecule has 6 nitrogen and oxygen atoms in total. The van der Waals surface area contributed by atoms with E-state index in [2.05, 4.69) is 24.0 Å². The number of hydrogen-bond acceptors (Lipinski definition) is 6. The van der Waals surface area contributed by atoms with E-state index in [1.165, 1.54) is 18.2 Å². The number of furan rings is 1. The van der Waals surface area contributed by atoms with E-state index in [1.54, 1.807) is 18.4 Å². The number of carbonyl (C=O) groups is 1. The van der Waals surface area contributed by atoms with Gasteiger partial charge in [-0.1, -0.05) is 5.16 Å². The molecule has 1 saturated heterocycles. The SMILES string of the molecule is C[C@@H]1CCC[C@@H](C)N1C(=O)CSCc1nc(-c2ccco2)no1. The minimum absolute atomic E-state index is 0.195. The largest absolute Gasteiger partial charge is 0.461 e. The lowest BCUT2D eigenvalue weighted by Gasteiger charge is -2.39. The van der Waals surface area contributed by atoms with Crippen LogP contribution in [0, 0.1) is 0 Å². The molecule has 3 rings (SSSR count). The molecule has 23 heavy (non-hydrogen) atoms. The molecule has 0 aromatic carbocycles. The van der Waals surface area contributed by atoms with Gasteiger partial charge in [-0.25, -0.2) is 0 Å². The maximum Gasteiger partial charge on any atom is 0.238 e. The van der Waals surface area contributed by atoms with Crippen molar-refractivity contribution in [1.82, 2.24) is 15.0 Å². The van der Waals surface area contributed by atoms with Gasteiger partial charge < -0.3 is 13.8 Å². The predicted octanol–water partition coefficient (Wildman–Crippen LogP) is 3.35. The summed E-state index contributed by atoms with van der Waals surface area (Å²) in [4.78, 5) is 18.7. The number of amides is 1. The number of nitrogens with zero attached hydrogens (tertiary/aromatic N) is 3. The molecule has 2 aromatic rings. The summed E-state index contributed by atoms with van der Waals surface area (Å²) in [5.41, 5.74) is 0. The number of carbonyl (C=O) groups excluding carboxylic acids is 1. The van der Waals surface area contributed by atoms with Crippen LogP contribution in [0.25, 0.3) is 11.6 Å². The Kier molecular flexibility index (Phi) is 5.05. The Morgan fingerprint density at radius 1 is 1.39 bits per heavy atom. The first kappa shape index (κ1) is 16.1. The second kappa shape index (κ2) is 7.21. The average molecular weight is 335 g/mol. The molecule has 7 heteroatoms. The summed E-state index contributed by atoms with van der Waals surface area (Å²) >= 11 is 1.50. The number of hydrogen-bond donors (Lipinski definition) is 0. The highest BCUT2D eigenvalue weighted by atomic mass is 32.2. The molecule has 3 heterocycles. The first-order valence-corrected chi connectivity index (χ1v) is 9.06. The summed E-state index contributed by atoms with van der Waals surface area (Å²) in [5, 5.41) is 3.88. The second-order valence-corrected chi connectivity index (χ2v) is 6.90. The molecule has 0 spiro atoms. The van der Waals surface area contributed by atoms with Gasteiger partial charge in [-0.15, -0.1) is 11.8 Å². The van der Waals surface area contributed by atoms with E-state index in [-0.39, 0.29) is 5.91 Å². The van der Waals surface area contributed by atoms with Crippen LogP contribution in [0.15, 0.2) is 27.3 Å². The zero-order valence-electron chi connectivity index (χ0n) is 13.4. The molecule has 0 bridgehead atoms. The van der Waals surface area contributed by atoms with Gasteiger partial charge in [0.05, 0.1) is 17.8 Å². The average Bonchev–Trinajstić information content (AvgIpc) is 3.18. The Bertz CT molecular complexity index is 631. The molecule has 0 saturated carbocycles. The summed E-state index contributed by atoms with van der Waals surface area (Å²) in [7, 11) is 0. The first-order chi connectivity index (χ1) is 11.1. The van der Waals surface area contributed by atoms with Crippen LogP contribution in [0.1, 0.15) is 39.0 Å². The molecule has 0 radical (unpaired) electrons. The molecule has 2 aromatic heterocycles. The maximum absolute atomic E-state index is 12.4. The third-order valence-electron chi connectivity index (χ3n) is 4.14. The molecule has 1 aliphatic heterocycles. The van der Waals surface area contributed by atoms with Crippen molar-refractivity contribution in [2.45, 2.75) is 50.9 Å². The van der Waals surface area contributed by atoms with Crippen molar-refractivity contribution in [2.75, 3.05) is 5.75 Å². The number of aromatic nitrogens is 2. The summed E-state index contributed by atoms with van der Waals surface area (Å²) < 4.78 is 10.4. The fourth-order valence-corrected chi connectivity index (χ4v) is 3.75. The summed E-state index contributed by atoms with van der Waals surface area (Å²) in [6.45, 7) is 4.26. The normalized spacial score (nSPS) is 21.6. The molecule has 0 aliphatic carbocycles. The van der Waals surface area contributed by atoms with Crippen LogP contribution >= 0.6 is 11.8 Å². The van der Waals surface area contributed by atoms with E-state index in [4.69, 9.17) is 8.94 Å². The van der Waals surface area contributed by atoms with E-state index < -0.39 is 0 Å². The maximum atomic E-state index is 12.4. The van der Waals surface area contributed by atoms with Crippen LogP contribution in [0.5, 0.6) is 0 Å². The van der Waals surface area contributed by atoms with Crippen molar-refractivity contribution < 1.29 is 13.7 Å². The molecule has 124 valence electrons. The Morgan fingerprint density at radius 2 is 2.17 bits per heavy atom. The van der Waals surface area contributed by atoms with Crippen molar-refractivity contribution >= 4 is 17.7 Å². The fourth-order valence-electron chi connectivity index (χ4n) is 3.03. The van der Waals surface area contributed by atoms with Crippen LogP contribution in [-0.4, -0.2) is 38.8 Å². The minimum Gasteiger partial charge on any atom is -0.461 e. The van der Waals surface area contributed by atoms with Gasteiger partial charge in [-0.3, -0.25) is 4.79 Å². The smallest absolute Gasteiger partial charge is 0.238 e. The summed E-state index contributed by atoms with van der Waals surface area (Å²) in [5.74, 6) is 2.69. The Hall–Kier alpha value is -1.76. The van der Waals surface area contributed by atoms with Crippen LogP contribution in [-0.2, 0) is 10.5 Å². The molecule has 1 aliphatic rings. The number of likely N-dealkylation sites (tertiary alicyclic amines) is 1. The molecule has 1 amide bonds. The molecular weight excluding hydrogens is 314 g/mol. The van der Waals surface area contributed by atoms with Gasteiger partial charge in [-0.05, 0) is 45.2 Å². The van der Waals surface area contributed by atoms with Crippen molar-refractivity contribution in [2.24, 2.45) is 0 Å². The van der Waals surface area contributed by atoms with Crippen LogP contribution in [0.2, 0.25) is 0 Å². The number of thioether (sulfide) groups is 1. The quantitative estimate of drug-likeness (QED) is 0.834. The van der Waals surface area contributed by atoms with Gasteiger partial charge in [-0.2, -0.15) is 4.98 Å². The van der Waals surface area contributed by atoms with E-state index in [0.29, 0.717) is 41.1 Å². The second-order valence-electron chi connectivity index (χ2n) is 5.91. The van der Waals surface area contributed by atoms with Crippen LogP contribution in [0.3, 0.4) is 0 Å². The van der Waals surface area contributed by atoms with E-state index >= 15 is 0 Å². The number of rotatable bonds is 5. The predicted molar refractivity (Wildman–Crippen MR) is 87.8 cm³/mol. The Labute approximate surface area is 139 Å². The standard InChI is InChI=1S/C16H21N3O3S/c1-11-5-3-6-12(2)19(11)15(20)10-23-9-14-17-16(18-22-14)13-7-4-8-21-13/h4,7-8,11-12H,3,5-6,9-10H2,1-2H3/t11-,12-/m1/s1. The van der Waals surface area contributed by atoms with E-state index in [9.17, 15) is 4.79 Å². The van der Waals surface area contributed by atoms with Gasteiger partial charge in [0.1, 0.15) is 0 Å². The molecule has 1 fully saturated rings. The van der Waals surface area contributed by atoms with Crippen molar-refractivity contribution in [3.8, 4) is 11.6 Å². The van der Waals surface area contributed by atoms with Gasteiger partial charge in [0.2, 0.25) is 17.6 Å². The van der Waals surface area contributed by atoms with Gasteiger partial charge >= 0.3 is 0 Å². The summed E-state index contributed by atoms with van der Waals surface area (Å²) in [6, 6.07) is 4.23. The van der Waals surface area contributed by atoms with Crippen molar-refractivity contribution in [3.63, 3.8) is 0 Å². The molecule has 0 unspecified atom stereocenters. The lowest BCUT2D eigenvalue weighted by atomic mass is 9.98. The molecular formula is C16H21N3O3S. The lowest BCUT2D eigenvalue weighted by molar-refractivity contribution is -0.134. The zero-order chi connectivity index (χ0) is 16.2. The monoisotopic (exact) mass is 335 g/mol. The van der Waals surface area contributed by atoms with Crippen molar-refractivity contribution in [1.29, 1.82) is 0 Å². The van der Waals surface area contributed by atoms with Gasteiger partial charge in [0.25, 0.3) is 0 Å². The number of piperidine rings is 1. The highest BCUT2D eigenvalue weighted by Gasteiger charge is 2.28. The topological polar surface area (TPSA) is 72.4 Å². The van der Waals surface area contributed by atoms with Crippen LogP contribution in [0.4, 0.5) is 0 Å². The first-order valence-electron chi connectivity index (χ1n) is 7.90. The van der Waals surface area contributed by atoms with Crippen LogP contribution < -0.4 is 0 Å². The lowest BCUT2D eigenvalue weighted by Crippen LogP contribution is -2.48. The molecule has 0 N–H and O–H groups in total. The fraction of sp³-hybridized carbons (Fsp3) is 0.562. The molecule has 2 atom stereocenters. The van der Waals surface area contributed by atoms with Crippen molar-refractivity contribution in [3.05, 3.63) is 24.3 Å². The summed E-state index contributed by atoms with van der Waals surface area (Å²) in [6.07, 6.45) is 4.96. The third kappa shape index (κ3) is 3.77. The highest BCUT2D eigenvalue weighted by Crippen LogP contribution is 2.24. The van der Waals surface area contributed by atoms with Gasteiger partial charge in [0.15, 0.2) is 5.76 Å². The van der Waals surface area contributed by atoms with E-state index in [0.717, 1.165) is 12.8 Å². The highest BCUT2D eigenvalue weighted by molar-refractivity contribution is 7.99. The van der Waals surface area contributed by atoms with Gasteiger partial charge in [0, 0.05) is 12.1 Å². The Morgan fingerprint density at radius 3 is 2.87 bits per heavy atom. The Balaban J connectivity index is 1.50.